The second-order valence-electron chi connectivity index (χ2n) is 5.60. The molecule has 20 heavy (non-hydrogen) atoms. The Morgan fingerprint density at radius 2 is 2.20 bits per heavy atom. The van der Waals surface area contributed by atoms with E-state index in [1.54, 1.807) is 6.07 Å². The number of anilines is 2. The number of nitrogens with one attached hydrogen (secondary N) is 1. The third kappa shape index (κ3) is 2.20. The van der Waals surface area contributed by atoms with Crippen molar-refractivity contribution < 1.29 is 4.79 Å². The lowest BCUT2D eigenvalue weighted by Crippen LogP contribution is -2.16. The summed E-state index contributed by atoms with van der Waals surface area (Å²) in [6, 6.07) is 2.18. The molecule has 2 aliphatic carbocycles. The first-order chi connectivity index (χ1) is 9.70. The van der Waals surface area contributed by atoms with E-state index in [1.807, 2.05) is 16.1 Å². The summed E-state index contributed by atoms with van der Waals surface area (Å²) in [5.74, 6) is 0.494. The maximum absolute atomic E-state index is 12.4. The van der Waals surface area contributed by atoms with Gasteiger partial charge in [0.2, 0.25) is 0 Å². The smallest absolute Gasteiger partial charge is 0.274 e. The zero-order chi connectivity index (χ0) is 13.7. The molecular weight excluding hydrogens is 272 g/mol. The highest BCUT2D eigenvalue weighted by molar-refractivity contribution is 7.14. The van der Waals surface area contributed by atoms with Gasteiger partial charge in [-0.25, -0.2) is 4.98 Å². The number of hydrogen-bond donors (Lipinski definition) is 2. The van der Waals surface area contributed by atoms with Crippen LogP contribution in [-0.2, 0) is 0 Å². The van der Waals surface area contributed by atoms with Crippen molar-refractivity contribution in [2.24, 2.45) is 0 Å². The summed E-state index contributed by atoms with van der Waals surface area (Å²) in [6.45, 7) is 0. The van der Waals surface area contributed by atoms with Crippen LogP contribution in [0.3, 0.4) is 0 Å². The van der Waals surface area contributed by atoms with E-state index in [9.17, 15) is 4.79 Å². The van der Waals surface area contributed by atoms with Crippen LogP contribution in [0.5, 0.6) is 0 Å². The number of amides is 1. The van der Waals surface area contributed by atoms with Crippen molar-refractivity contribution >= 4 is 28.1 Å². The summed E-state index contributed by atoms with van der Waals surface area (Å²) in [7, 11) is 0. The quantitative estimate of drug-likeness (QED) is 0.908. The Morgan fingerprint density at radius 3 is 2.90 bits per heavy atom. The minimum absolute atomic E-state index is 0.120. The Labute approximate surface area is 120 Å². The van der Waals surface area contributed by atoms with E-state index in [2.05, 4.69) is 10.3 Å². The second-order valence-corrected chi connectivity index (χ2v) is 6.46. The lowest BCUT2D eigenvalue weighted by Gasteiger charge is -2.06. The SMILES string of the molecule is Nc1cc(C(=O)Nc2nc(C3CC3)cs2)n(C2CC2)c1. The number of carbonyl (C=O) groups excluding carboxylic acids is 1. The number of nitrogens with two attached hydrogens (primary N) is 1. The molecule has 1 amide bonds. The Balaban J connectivity index is 1.54. The van der Waals surface area contributed by atoms with Gasteiger partial charge in [0.25, 0.3) is 5.91 Å². The summed E-state index contributed by atoms with van der Waals surface area (Å²) in [5.41, 5.74) is 8.20. The fraction of sp³-hybridized carbons (Fsp3) is 0.429. The highest BCUT2D eigenvalue weighted by atomic mass is 32.1. The third-order valence-corrected chi connectivity index (χ3v) is 4.56. The normalized spacial score (nSPS) is 18.2. The Morgan fingerprint density at radius 1 is 1.40 bits per heavy atom. The van der Waals surface area contributed by atoms with Crippen molar-refractivity contribution in [1.29, 1.82) is 0 Å². The number of carbonyl (C=O) groups is 1. The van der Waals surface area contributed by atoms with Crippen molar-refractivity contribution in [1.82, 2.24) is 9.55 Å². The van der Waals surface area contributed by atoms with Crippen LogP contribution < -0.4 is 11.1 Å². The number of aromatic nitrogens is 2. The maximum Gasteiger partial charge on any atom is 0.274 e. The molecule has 0 saturated heterocycles. The first kappa shape index (κ1) is 12.0. The standard InChI is InChI=1S/C14H16N4OS/c15-9-5-12(18(6-9)10-3-4-10)13(19)17-14-16-11(7-20-14)8-1-2-8/h5-8,10H,1-4,15H2,(H,16,17,19). The van der Waals surface area contributed by atoms with Gasteiger partial charge in [-0.15, -0.1) is 11.3 Å². The molecule has 2 aromatic rings. The van der Waals surface area contributed by atoms with E-state index < -0.39 is 0 Å². The van der Waals surface area contributed by atoms with Gasteiger partial charge in [-0.1, -0.05) is 0 Å². The molecular formula is C14H16N4OS. The molecule has 0 aromatic carbocycles. The largest absolute Gasteiger partial charge is 0.397 e. The molecule has 2 fully saturated rings. The number of hydrogen-bond acceptors (Lipinski definition) is 4. The highest BCUT2D eigenvalue weighted by Gasteiger charge is 2.29. The first-order valence-electron chi connectivity index (χ1n) is 6.95. The van der Waals surface area contributed by atoms with Crippen LogP contribution in [-0.4, -0.2) is 15.5 Å². The Bertz CT molecular complexity index is 667. The van der Waals surface area contributed by atoms with Gasteiger partial charge in [0, 0.05) is 23.5 Å². The molecule has 2 heterocycles. The molecule has 5 nitrogen and oxygen atoms in total. The molecule has 104 valence electrons. The predicted octanol–water partition coefficient (Wildman–Crippen LogP) is 2.99. The molecule has 6 heteroatoms. The van der Waals surface area contributed by atoms with E-state index in [4.69, 9.17) is 5.73 Å². The van der Waals surface area contributed by atoms with E-state index in [0.717, 1.165) is 18.5 Å². The Hall–Kier alpha value is -1.82. The lowest BCUT2D eigenvalue weighted by molar-refractivity contribution is 0.101. The molecule has 3 N–H and O–H groups in total. The molecule has 0 aliphatic heterocycles. The summed E-state index contributed by atoms with van der Waals surface area (Å²) in [6.07, 6.45) is 6.54. The average Bonchev–Trinajstić information content (AvgIpc) is 3.35. The van der Waals surface area contributed by atoms with Gasteiger partial charge in [0.1, 0.15) is 5.69 Å². The molecule has 4 rings (SSSR count). The summed E-state index contributed by atoms with van der Waals surface area (Å²) in [4.78, 5) is 16.8. The van der Waals surface area contributed by atoms with Gasteiger partial charge in [-0.05, 0) is 31.7 Å². The highest BCUT2D eigenvalue weighted by Crippen LogP contribution is 2.41. The van der Waals surface area contributed by atoms with Gasteiger partial charge in [0.15, 0.2) is 5.13 Å². The van der Waals surface area contributed by atoms with E-state index >= 15 is 0 Å². The number of thiazole rings is 1. The fourth-order valence-corrected chi connectivity index (χ4v) is 3.20. The summed E-state index contributed by atoms with van der Waals surface area (Å²) >= 11 is 1.49. The minimum Gasteiger partial charge on any atom is -0.397 e. The van der Waals surface area contributed by atoms with Crippen molar-refractivity contribution in [3.63, 3.8) is 0 Å². The maximum atomic E-state index is 12.4. The van der Waals surface area contributed by atoms with E-state index in [1.165, 1.54) is 24.2 Å². The van der Waals surface area contributed by atoms with Gasteiger partial charge in [-0.2, -0.15) is 0 Å². The van der Waals surface area contributed by atoms with Gasteiger partial charge in [-0.3, -0.25) is 10.1 Å². The molecule has 0 bridgehead atoms. The molecule has 2 aliphatic rings. The van der Waals surface area contributed by atoms with Gasteiger partial charge in [0.05, 0.1) is 11.4 Å². The van der Waals surface area contributed by atoms with Crippen molar-refractivity contribution in [2.45, 2.75) is 37.6 Å². The lowest BCUT2D eigenvalue weighted by atomic mass is 10.3. The monoisotopic (exact) mass is 288 g/mol. The topological polar surface area (TPSA) is 72.9 Å². The van der Waals surface area contributed by atoms with E-state index in [-0.39, 0.29) is 5.91 Å². The van der Waals surface area contributed by atoms with Crippen LogP contribution in [0, 0.1) is 0 Å². The van der Waals surface area contributed by atoms with E-state index in [0.29, 0.717) is 28.5 Å². The molecule has 2 aromatic heterocycles. The molecule has 0 spiro atoms. The van der Waals surface area contributed by atoms with Crippen LogP contribution in [0.25, 0.3) is 0 Å². The van der Waals surface area contributed by atoms with Crippen molar-refractivity contribution in [2.75, 3.05) is 11.1 Å². The minimum atomic E-state index is -0.120. The molecule has 0 radical (unpaired) electrons. The molecule has 2 saturated carbocycles. The predicted molar refractivity (Wildman–Crippen MR) is 79.2 cm³/mol. The number of nitrogens with zero attached hydrogens (tertiary/aromatic N) is 2. The zero-order valence-electron chi connectivity index (χ0n) is 11.0. The fourth-order valence-electron chi connectivity index (χ4n) is 2.41. The van der Waals surface area contributed by atoms with Crippen LogP contribution in [0.2, 0.25) is 0 Å². The van der Waals surface area contributed by atoms with Crippen LogP contribution in [0.4, 0.5) is 10.8 Å². The summed E-state index contributed by atoms with van der Waals surface area (Å²) < 4.78 is 1.99. The first-order valence-corrected chi connectivity index (χ1v) is 7.83. The molecule has 0 unspecified atom stereocenters. The zero-order valence-corrected chi connectivity index (χ0v) is 11.8. The Kier molecular flexibility index (Phi) is 2.60. The average molecular weight is 288 g/mol. The molecule has 0 atom stereocenters. The second kappa shape index (κ2) is 4.34. The van der Waals surface area contributed by atoms with Crippen LogP contribution in [0.15, 0.2) is 17.6 Å². The van der Waals surface area contributed by atoms with Crippen molar-refractivity contribution in [3.05, 3.63) is 29.0 Å². The van der Waals surface area contributed by atoms with Gasteiger partial charge < -0.3 is 10.3 Å². The number of rotatable bonds is 4. The summed E-state index contributed by atoms with van der Waals surface area (Å²) in [5, 5.41) is 5.61. The van der Waals surface area contributed by atoms with Crippen LogP contribution >= 0.6 is 11.3 Å². The third-order valence-electron chi connectivity index (χ3n) is 3.78. The van der Waals surface area contributed by atoms with Crippen molar-refractivity contribution in [3.8, 4) is 0 Å². The van der Waals surface area contributed by atoms with Gasteiger partial charge >= 0.3 is 0 Å². The van der Waals surface area contributed by atoms with Crippen LogP contribution in [0.1, 0.15) is 53.8 Å². The number of nitrogen functional groups attached to an aromatic ring is 1.